The Morgan fingerprint density at radius 1 is 0.913 bits per heavy atom. The molecule has 4 rings (SSSR count). The van der Waals surface area contributed by atoms with Crippen molar-refractivity contribution < 1.29 is 24.3 Å². The van der Waals surface area contributed by atoms with Gasteiger partial charge in [0.25, 0.3) is 11.8 Å². The first-order valence-corrected chi connectivity index (χ1v) is 15.4. The number of hydrogen-bond acceptors (Lipinski definition) is 6. The summed E-state index contributed by atoms with van der Waals surface area (Å²) in [6, 6.07) is 21.7. The lowest BCUT2D eigenvalue weighted by atomic mass is 9.98. The number of rotatable bonds is 12. The minimum absolute atomic E-state index is 0. The Balaban J connectivity index is 0.00000576. The van der Waals surface area contributed by atoms with Crippen molar-refractivity contribution in [1.29, 1.82) is 0 Å². The van der Waals surface area contributed by atoms with Gasteiger partial charge in [0, 0.05) is 62.9 Å². The second-order valence-corrected chi connectivity index (χ2v) is 11.0. The van der Waals surface area contributed by atoms with Gasteiger partial charge in [0.1, 0.15) is 0 Å². The van der Waals surface area contributed by atoms with Crippen molar-refractivity contribution in [3.8, 4) is 23.0 Å². The maximum absolute atomic E-state index is 13.5. The van der Waals surface area contributed by atoms with Crippen LogP contribution in [-0.4, -0.2) is 91.2 Å². The fourth-order valence-electron chi connectivity index (χ4n) is 5.07. The number of aliphatic hydroxyl groups excluding tert-OH is 1. The van der Waals surface area contributed by atoms with Crippen LogP contribution in [0, 0.1) is 11.8 Å². The summed E-state index contributed by atoms with van der Waals surface area (Å²) in [6.45, 7) is 3.73. The summed E-state index contributed by atoms with van der Waals surface area (Å²) in [5.41, 5.74) is 3.44. The molecule has 1 aliphatic heterocycles. The van der Waals surface area contributed by atoms with E-state index in [-0.39, 0.29) is 36.7 Å². The van der Waals surface area contributed by atoms with Gasteiger partial charge >= 0.3 is 0 Å². The summed E-state index contributed by atoms with van der Waals surface area (Å²) in [4.78, 5) is 49.1. The van der Waals surface area contributed by atoms with Crippen LogP contribution >= 0.6 is 12.4 Å². The molecule has 3 amide bonds. The van der Waals surface area contributed by atoms with E-state index in [9.17, 15) is 14.4 Å². The Bertz CT molecular complexity index is 1510. The quantitative estimate of drug-likeness (QED) is 0.161. The third-order valence-electron chi connectivity index (χ3n) is 7.69. The molecular weight excluding hydrogens is 604 g/mol. The first-order chi connectivity index (χ1) is 21.9. The zero-order valence-electron chi connectivity index (χ0n) is 26.5. The first-order valence-electron chi connectivity index (χ1n) is 15.4. The van der Waals surface area contributed by atoms with Crippen LogP contribution < -0.4 is 5.32 Å². The molecule has 0 radical (unpaired) electrons. The first kappa shape index (κ1) is 36.3. The Morgan fingerprint density at radius 3 is 2.37 bits per heavy atom. The topological polar surface area (TPSA) is 102 Å². The summed E-state index contributed by atoms with van der Waals surface area (Å²) in [5, 5.41) is 13.2. The Kier molecular flexibility index (Phi) is 14.7. The molecule has 9 nitrogen and oxygen atoms in total. The normalized spacial score (nSPS) is 12.8. The number of nitrogens with zero attached hydrogens (tertiary/aromatic N) is 3. The Morgan fingerprint density at radius 2 is 1.63 bits per heavy atom. The summed E-state index contributed by atoms with van der Waals surface area (Å²) in [7, 11) is 3.67. The number of anilines is 1. The van der Waals surface area contributed by atoms with Crippen molar-refractivity contribution >= 4 is 35.8 Å². The van der Waals surface area contributed by atoms with Gasteiger partial charge in [0.2, 0.25) is 5.91 Å². The van der Waals surface area contributed by atoms with Gasteiger partial charge in [0.15, 0.2) is 0 Å². The van der Waals surface area contributed by atoms with E-state index < -0.39 is 0 Å². The molecule has 46 heavy (non-hydrogen) atoms. The van der Waals surface area contributed by atoms with Gasteiger partial charge in [-0.25, -0.2) is 5.06 Å². The largest absolute Gasteiger partial charge is 0.395 e. The predicted octanol–water partition coefficient (Wildman–Crippen LogP) is 5.10. The fourth-order valence-corrected chi connectivity index (χ4v) is 5.07. The van der Waals surface area contributed by atoms with Crippen molar-refractivity contribution in [3.63, 3.8) is 0 Å². The number of hydroxylamine groups is 2. The van der Waals surface area contributed by atoms with Crippen molar-refractivity contribution in [3.05, 3.63) is 89.5 Å². The van der Waals surface area contributed by atoms with E-state index in [2.05, 4.69) is 29.1 Å². The molecule has 1 fully saturated rings. The summed E-state index contributed by atoms with van der Waals surface area (Å²) in [6.07, 6.45) is 3.21. The van der Waals surface area contributed by atoms with E-state index in [0.29, 0.717) is 47.4 Å². The number of likely N-dealkylation sites (N-methyl/N-ethyl adjacent to an activating group) is 1. The van der Waals surface area contributed by atoms with Crippen LogP contribution in [0.3, 0.4) is 0 Å². The second kappa shape index (κ2) is 18.7. The molecule has 0 aromatic heterocycles. The predicted molar refractivity (Wildman–Crippen MR) is 183 cm³/mol. The average Bonchev–Trinajstić information content (AvgIpc) is 3.06. The van der Waals surface area contributed by atoms with Crippen LogP contribution in [0.1, 0.15) is 58.4 Å². The van der Waals surface area contributed by atoms with E-state index in [1.165, 1.54) is 5.06 Å². The number of aliphatic hydroxyl groups is 1. The SMILES string of the molecule is CN1CCN(C(=O)CCCCCON(C)C(=O)c2ccc(NC(=O)c3ccccc3C#CCCO)cc2-c2ccccc2)CC1.Cl. The monoisotopic (exact) mass is 646 g/mol. The summed E-state index contributed by atoms with van der Waals surface area (Å²) < 4.78 is 0. The molecule has 10 heteroatoms. The fraction of sp³-hybridized carbons (Fsp3) is 0.361. The molecule has 1 heterocycles. The minimum atomic E-state index is -0.326. The van der Waals surface area contributed by atoms with Gasteiger partial charge in [-0.3, -0.25) is 19.2 Å². The van der Waals surface area contributed by atoms with E-state index in [4.69, 9.17) is 9.94 Å². The standard InChI is InChI=1S/C36H42N4O5.ClH/c1-38-21-23-40(24-22-38)34(42)18-7-4-12-26-45-39(2)36(44)32-20-19-30(27-33(32)29-13-5-3-6-14-29)37-35(43)31-17-9-8-15-28(31)16-10-11-25-41;/h3,5-6,8-9,13-15,17,19-20,27,41H,4,7,11-12,18,21-26H2,1-2H3,(H,37,43);1H. The number of amides is 3. The van der Waals surface area contributed by atoms with Crippen molar-refractivity contribution in [2.75, 3.05) is 58.8 Å². The molecule has 3 aromatic carbocycles. The molecule has 0 spiro atoms. The maximum atomic E-state index is 13.5. The van der Waals surface area contributed by atoms with Crippen LogP contribution in [0.25, 0.3) is 11.1 Å². The number of nitrogens with one attached hydrogen (secondary N) is 1. The van der Waals surface area contributed by atoms with Gasteiger partial charge in [-0.2, -0.15) is 0 Å². The lowest BCUT2D eigenvalue weighted by Crippen LogP contribution is -2.47. The van der Waals surface area contributed by atoms with E-state index in [0.717, 1.165) is 51.0 Å². The smallest absolute Gasteiger partial charge is 0.277 e. The van der Waals surface area contributed by atoms with Crippen molar-refractivity contribution in [1.82, 2.24) is 14.9 Å². The number of unbranched alkanes of at least 4 members (excludes halogenated alkanes) is 2. The Labute approximate surface area is 277 Å². The van der Waals surface area contributed by atoms with Gasteiger partial charge in [-0.05, 0) is 61.3 Å². The molecule has 0 atom stereocenters. The molecule has 0 saturated carbocycles. The number of hydrogen-bond donors (Lipinski definition) is 2. The van der Waals surface area contributed by atoms with Crippen molar-refractivity contribution in [2.45, 2.75) is 32.1 Å². The van der Waals surface area contributed by atoms with Gasteiger partial charge in [-0.1, -0.05) is 60.7 Å². The Hall–Kier alpha value is -4.20. The molecule has 3 aromatic rings. The third kappa shape index (κ3) is 10.4. The highest BCUT2D eigenvalue weighted by Crippen LogP contribution is 2.28. The zero-order valence-corrected chi connectivity index (χ0v) is 27.4. The van der Waals surface area contributed by atoms with E-state index >= 15 is 0 Å². The van der Waals surface area contributed by atoms with E-state index in [1.807, 2.05) is 41.3 Å². The average molecular weight is 647 g/mol. The van der Waals surface area contributed by atoms with Crippen LogP contribution in [0.5, 0.6) is 0 Å². The lowest BCUT2D eigenvalue weighted by molar-refractivity contribution is -0.133. The summed E-state index contributed by atoms with van der Waals surface area (Å²) in [5.74, 6) is 5.39. The maximum Gasteiger partial charge on any atom is 0.277 e. The van der Waals surface area contributed by atoms with Gasteiger partial charge < -0.3 is 20.2 Å². The molecule has 1 aliphatic rings. The third-order valence-corrected chi connectivity index (χ3v) is 7.69. The number of benzene rings is 3. The molecule has 0 aliphatic carbocycles. The number of piperazine rings is 1. The zero-order chi connectivity index (χ0) is 32.0. The van der Waals surface area contributed by atoms with Gasteiger partial charge in [0.05, 0.1) is 18.8 Å². The lowest BCUT2D eigenvalue weighted by Gasteiger charge is -2.32. The molecular formula is C36H43ClN4O5. The van der Waals surface area contributed by atoms with Crippen LogP contribution in [-0.2, 0) is 9.63 Å². The summed E-state index contributed by atoms with van der Waals surface area (Å²) >= 11 is 0. The number of carbonyl (C=O) groups is 3. The van der Waals surface area contributed by atoms with E-state index in [1.54, 1.807) is 43.4 Å². The molecule has 0 unspecified atom stereocenters. The van der Waals surface area contributed by atoms with Crippen molar-refractivity contribution in [2.24, 2.45) is 0 Å². The molecule has 244 valence electrons. The van der Waals surface area contributed by atoms with Crippen LogP contribution in [0.15, 0.2) is 72.8 Å². The minimum Gasteiger partial charge on any atom is -0.395 e. The highest BCUT2D eigenvalue weighted by molar-refractivity contribution is 6.07. The molecule has 1 saturated heterocycles. The number of carbonyl (C=O) groups excluding carboxylic acids is 3. The highest BCUT2D eigenvalue weighted by Gasteiger charge is 2.20. The van der Waals surface area contributed by atoms with Crippen LogP contribution in [0.4, 0.5) is 5.69 Å². The molecule has 2 N–H and O–H groups in total. The second-order valence-electron chi connectivity index (χ2n) is 11.0. The van der Waals surface area contributed by atoms with Crippen LogP contribution in [0.2, 0.25) is 0 Å². The van der Waals surface area contributed by atoms with Gasteiger partial charge in [-0.15, -0.1) is 12.4 Å². The molecule has 0 bridgehead atoms. The highest BCUT2D eigenvalue weighted by atomic mass is 35.5. The number of halogens is 1.